The lowest BCUT2D eigenvalue weighted by molar-refractivity contribution is 0.260. The number of fused-ring (bicyclic) bond motifs is 1. The molecule has 2 heterocycles. The predicted octanol–water partition coefficient (Wildman–Crippen LogP) is 2.41. The number of carbonyl (C=O) groups is 1. The maximum atomic E-state index is 12.4. The predicted molar refractivity (Wildman–Crippen MR) is 93.6 cm³/mol. The Balaban J connectivity index is 1.69. The lowest BCUT2D eigenvalue weighted by Gasteiger charge is -2.15. The fraction of sp³-hybridized carbons (Fsp3) is 0.438. The van der Waals surface area contributed by atoms with Gasteiger partial charge in [0.05, 0.1) is 11.9 Å². The topological polar surface area (TPSA) is 126 Å². The number of pyridine rings is 1. The van der Waals surface area contributed by atoms with Gasteiger partial charge in [0.25, 0.3) is 0 Å². The fourth-order valence-electron chi connectivity index (χ4n) is 3.34. The number of hydrogen-bond donors (Lipinski definition) is 3. The summed E-state index contributed by atoms with van der Waals surface area (Å²) in [7, 11) is -3.35. The number of H-pyrrole nitrogens is 1. The molecule has 4 rings (SSSR count). The number of rotatable bonds is 3. The molecule has 2 aliphatic carbocycles. The van der Waals surface area contributed by atoms with Gasteiger partial charge in [-0.15, -0.1) is 4.36 Å². The van der Waals surface area contributed by atoms with Crippen molar-refractivity contribution in [1.82, 2.24) is 15.2 Å². The monoisotopic (exact) mass is 360 g/mol. The number of nitrogens with two attached hydrogens (primary N) is 1. The minimum absolute atomic E-state index is 0.123. The number of aromatic nitrogens is 3. The quantitative estimate of drug-likeness (QED) is 0.777. The van der Waals surface area contributed by atoms with Gasteiger partial charge in [0.2, 0.25) is 0 Å². The average molecular weight is 360 g/mol. The van der Waals surface area contributed by atoms with E-state index in [4.69, 9.17) is 10.1 Å². The highest BCUT2D eigenvalue weighted by atomic mass is 32.2. The molecule has 1 unspecified atom stereocenters. The van der Waals surface area contributed by atoms with Crippen molar-refractivity contribution >= 4 is 21.6 Å². The summed E-state index contributed by atoms with van der Waals surface area (Å²) in [6.07, 6.45) is 6.52. The van der Waals surface area contributed by atoms with E-state index >= 15 is 0 Å². The van der Waals surface area contributed by atoms with E-state index in [1.807, 2.05) is 6.92 Å². The molecule has 1 fully saturated rings. The number of urea groups is 1. The Bertz CT molecular complexity index is 955. The van der Waals surface area contributed by atoms with Gasteiger partial charge in [-0.05, 0) is 56.2 Å². The molecule has 4 N–H and O–H groups in total. The van der Waals surface area contributed by atoms with Crippen LogP contribution in [0.25, 0.3) is 0 Å². The lowest BCUT2D eigenvalue weighted by Crippen LogP contribution is -2.19. The van der Waals surface area contributed by atoms with Gasteiger partial charge in [-0.25, -0.2) is 14.1 Å². The zero-order valence-electron chi connectivity index (χ0n) is 13.9. The van der Waals surface area contributed by atoms with Crippen molar-refractivity contribution in [1.29, 1.82) is 0 Å². The molecular weight excluding hydrogens is 340 g/mol. The number of hydrogen-bond acceptors (Lipinski definition) is 4. The number of nitrogens with one attached hydrogen (secondary N) is 2. The maximum absolute atomic E-state index is 12.4. The summed E-state index contributed by atoms with van der Waals surface area (Å²) in [6, 6.07) is 0.729. The van der Waals surface area contributed by atoms with Crippen molar-refractivity contribution in [2.45, 2.75) is 50.0 Å². The van der Waals surface area contributed by atoms with Crippen LogP contribution in [-0.4, -0.2) is 25.4 Å². The Morgan fingerprint density at radius 3 is 2.92 bits per heavy atom. The molecule has 1 saturated carbocycles. The molecule has 2 aromatic heterocycles. The molecule has 0 aliphatic heterocycles. The summed E-state index contributed by atoms with van der Waals surface area (Å²) in [6.45, 7) is 1.98. The molecule has 132 valence electrons. The number of carbonyl (C=O) groups excluding carboxylic acids is 1. The van der Waals surface area contributed by atoms with Gasteiger partial charge in [0.15, 0.2) is 9.92 Å². The van der Waals surface area contributed by atoms with Gasteiger partial charge in [-0.1, -0.05) is 0 Å². The van der Waals surface area contributed by atoms with Gasteiger partial charge < -0.3 is 5.32 Å². The summed E-state index contributed by atoms with van der Waals surface area (Å²) < 4.78 is 16.1. The zero-order chi connectivity index (χ0) is 17.6. The van der Waals surface area contributed by atoms with Crippen LogP contribution in [0, 0.1) is 6.92 Å². The Morgan fingerprint density at radius 1 is 1.44 bits per heavy atom. The molecule has 25 heavy (non-hydrogen) atoms. The third-order valence-corrected chi connectivity index (χ3v) is 6.00. The number of anilines is 1. The van der Waals surface area contributed by atoms with E-state index in [0.717, 1.165) is 60.3 Å². The molecule has 0 radical (unpaired) electrons. The first kappa shape index (κ1) is 16.2. The maximum Gasteiger partial charge on any atom is 0.354 e. The highest BCUT2D eigenvalue weighted by Crippen LogP contribution is 2.44. The van der Waals surface area contributed by atoms with Crippen molar-refractivity contribution in [3.63, 3.8) is 0 Å². The van der Waals surface area contributed by atoms with E-state index in [9.17, 15) is 9.00 Å². The molecule has 8 nitrogen and oxygen atoms in total. The van der Waals surface area contributed by atoms with Crippen LogP contribution in [0.3, 0.4) is 0 Å². The Morgan fingerprint density at radius 2 is 2.24 bits per heavy atom. The molecule has 0 aromatic carbocycles. The standard InChI is InChI=1S/C16H20N6O2S/c1-9-14(10-5-6-10)19-12-4-2-3-11(12)15(9)20-16(23)22-25(17,24)13-7-8-18-21-13/h7-8,10H,2-6H2,1H3,(H,18,21)(H3,17,19,20,22,23,24). The Hall–Kier alpha value is -2.26. The highest BCUT2D eigenvalue weighted by molar-refractivity contribution is 7.91. The normalized spacial score (nSPS) is 18.5. The summed E-state index contributed by atoms with van der Waals surface area (Å²) >= 11 is 0. The van der Waals surface area contributed by atoms with Gasteiger partial charge in [-0.2, -0.15) is 5.10 Å². The molecule has 2 aliphatic rings. The van der Waals surface area contributed by atoms with Crippen molar-refractivity contribution in [3.05, 3.63) is 34.8 Å². The largest absolute Gasteiger partial charge is 0.354 e. The van der Waals surface area contributed by atoms with Crippen molar-refractivity contribution in [2.75, 3.05) is 5.32 Å². The van der Waals surface area contributed by atoms with Gasteiger partial charge >= 0.3 is 6.03 Å². The minimum atomic E-state index is -3.35. The van der Waals surface area contributed by atoms with E-state index in [-0.39, 0.29) is 5.03 Å². The molecule has 2 aromatic rings. The van der Waals surface area contributed by atoms with Crippen LogP contribution in [0.15, 0.2) is 21.7 Å². The Labute approximate surface area is 145 Å². The van der Waals surface area contributed by atoms with E-state index in [1.54, 1.807) is 0 Å². The van der Waals surface area contributed by atoms with Crippen LogP contribution in [0.2, 0.25) is 0 Å². The second kappa shape index (κ2) is 5.92. The smallest absolute Gasteiger partial charge is 0.305 e. The third-order valence-electron chi connectivity index (χ3n) is 4.71. The van der Waals surface area contributed by atoms with Crippen LogP contribution in [0.1, 0.15) is 47.7 Å². The summed E-state index contributed by atoms with van der Waals surface area (Å²) in [4.78, 5) is 17.2. The summed E-state index contributed by atoms with van der Waals surface area (Å²) in [5.41, 5.74) is 4.94. The van der Waals surface area contributed by atoms with Crippen LogP contribution >= 0.6 is 0 Å². The number of aryl methyl sites for hydroxylation is 1. The van der Waals surface area contributed by atoms with Crippen LogP contribution in [-0.2, 0) is 22.8 Å². The number of amides is 2. The molecule has 0 spiro atoms. The molecule has 1 atom stereocenters. The Kier molecular flexibility index (Phi) is 3.84. The molecule has 2 amide bonds. The summed E-state index contributed by atoms with van der Waals surface area (Å²) in [5, 5.41) is 14.8. The van der Waals surface area contributed by atoms with Crippen molar-refractivity contribution in [3.8, 4) is 0 Å². The van der Waals surface area contributed by atoms with Gasteiger partial charge in [-0.3, -0.25) is 10.1 Å². The van der Waals surface area contributed by atoms with Crippen LogP contribution in [0.4, 0.5) is 10.5 Å². The van der Waals surface area contributed by atoms with Gasteiger partial charge in [0.1, 0.15) is 5.03 Å². The van der Waals surface area contributed by atoms with Crippen molar-refractivity contribution < 1.29 is 9.00 Å². The van der Waals surface area contributed by atoms with Crippen LogP contribution in [0.5, 0.6) is 0 Å². The first-order chi connectivity index (χ1) is 12.0. The average Bonchev–Trinajstić information content (AvgIpc) is 3.06. The first-order valence-electron chi connectivity index (χ1n) is 8.33. The lowest BCUT2D eigenvalue weighted by atomic mass is 10.0. The van der Waals surface area contributed by atoms with E-state index in [1.165, 1.54) is 12.3 Å². The second-order valence-corrected chi connectivity index (χ2v) is 8.32. The van der Waals surface area contributed by atoms with Crippen molar-refractivity contribution in [2.24, 2.45) is 9.50 Å². The zero-order valence-corrected chi connectivity index (χ0v) is 14.7. The third kappa shape index (κ3) is 3.05. The minimum Gasteiger partial charge on any atom is -0.305 e. The molecule has 9 heteroatoms. The van der Waals surface area contributed by atoms with E-state index in [2.05, 4.69) is 19.9 Å². The molecular formula is C16H20N6O2S. The highest BCUT2D eigenvalue weighted by Gasteiger charge is 2.31. The van der Waals surface area contributed by atoms with E-state index < -0.39 is 15.9 Å². The van der Waals surface area contributed by atoms with Crippen LogP contribution < -0.4 is 10.5 Å². The molecule has 0 saturated heterocycles. The van der Waals surface area contributed by atoms with Gasteiger partial charge in [0, 0.05) is 17.3 Å². The second-order valence-electron chi connectivity index (χ2n) is 6.56. The number of aromatic amines is 1. The first-order valence-corrected chi connectivity index (χ1v) is 9.91. The fourth-order valence-corrected chi connectivity index (χ4v) is 4.17. The SMILES string of the molecule is Cc1c(C2CC2)nc2c(c1NC(=O)N=S(N)(=O)c1ccn[nH]1)CCC2. The molecule has 0 bridgehead atoms. The summed E-state index contributed by atoms with van der Waals surface area (Å²) in [5.74, 6) is 0.488. The van der Waals surface area contributed by atoms with E-state index in [0.29, 0.717) is 5.92 Å². The number of nitrogens with zero attached hydrogens (tertiary/aromatic N) is 3.